The van der Waals surface area contributed by atoms with E-state index in [1.165, 1.54) is 18.2 Å². The molecule has 1 aromatic rings. The highest BCUT2D eigenvalue weighted by molar-refractivity contribution is 5.86. The van der Waals surface area contributed by atoms with Crippen molar-refractivity contribution >= 4 is 5.97 Å². The molecule has 4 heteroatoms. The van der Waals surface area contributed by atoms with Crippen molar-refractivity contribution in [3.8, 4) is 11.5 Å². The number of hydrogen-bond donors (Lipinski definition) is 2. The van der Waals surface area contributed by atoms with E-state index < -0.39 is 5.97 Å². The molecule has 0 atom stereocenters. The largest absolute Gasteiger partial charge is 0.508 e. The standard InChI is InChI=1S/C12H14O4/c1-8(2)12(15)16-6-5-9-7-10(13)3-4-11(9)14/h3-4,7,13-14H,1,5-6H2,2H3. The molecule has 0 spiro atoms. The molecule has 4 nitrogen and oxygen atoms in total. The third kappa shape index (κ3) is 3.31. The fourth-order valence-corrected chi connectivity index (χ4v) is 1.15. The van der Waals surface area contributed by atoms with Crippen LogP contribution in [0, 0.1) is 0 Å². The van der Waals surface area contributed by atoms with Crippen LogP contribution in [0.3, 0.4) is 0 Å². The van der Waals surface area contributed by atoms with Gasteiger partial charge in [-0.3, -0.25) is 0 Å². The van der Waals surface area contributed by atoms with Gasteiger partial charge in [-0.25, -0.2) is 4.79 Å². The maximum atomic E-state index is 11.1. The normalized spacial score (nSPS) is 9.81. The van der Waals surface area contributed by atoms with Gasteiger partial charge in [-0.15, -0.1) is 0 Å². The minimum atomic E-state index is -0.459. The summed E-state index contributed by atoms with van der Waals surface area (Å²) in [7, 11) is 0. The number of carbonyl (C=O) groups excluding carboxylic acids is 1. The molecule has 0 bridgehead atoms. The van der Waals surface area contributed by atoms with E-state index in [4.69, 9.17) is 4.74 Å². The van der Waals surface area contributed by atoms with Crippen LogP contribution in [0.25, 0.3) is 0 Å². The molecular formula is C12H14O4. The number of phenols is 2. The Balaban J connectivity index is 2.52. The van der Waals surface area contributed by atoms with Crippen molar-refractivity contribution in [1.29, 1.82) is 0 Å². The van der Waals surface area contributed by atoms with Gasteiger partial charge in [-0.1, -0.05) is 6.58 Å². The van der Waals surface area contributed by atoms with Crippen LogP contribution < -0.4 is 0 Å². The smallest absolute Gasteiger partial charge is 0.333 e. The highest BCUT2D eigenvalue weighted by atomic mass is 16.5. The quantitative estimate of drug-likeness (QED) is 0.463. The van der Waals surface area contributed by atoms with Gasteiger partial charge in [0.05, 0.1) is 6.61 Å². The van der Waals surface area contributed by atoms with E-state index in [1.807, 2.05) is 0 Å². The Morgan fingerprint density at radius 3 is 2.75 bits per heavy atom. The number of ether oxygens (including phenoxy) is 1. The van der Waals surface area contributed by atoms with Gasteiger partial charge in [-0.05, 0) is 25.1 Å². The lowest BCUT2D eigenvalue weighted by Gasteiger charge is -2.06. The van der Waals surface area contributed by atoms with Crippen LogP contribution in [-0.2, 0) is 16.0 Å². The summed E-state index contributed by atoms with van der Waals surface area (Å²) in [5, 5.41) is 18.6. The molecule has 1 aromatic carbocycles. The van der Waals surface area contributed by atoms with Gasteiger partial charge in [0.15, 0.2) is 0 Å². The molecule has 86 valence electrons. The molecule has 1 rings (SSSR count). The van der Waals surface area contributed by atoms with E-state index in [2.05, 4.69) is 6.58 Å². The van der Waals surface area contributed by atoms with Gasteiger partial charge in [0.1, 0.15) is 11.5 Å². The number of phenolic OH excluding ortho intramolecular Hbond substituents is 2. The van der Waals surface area contributed by atoms with Crippen molar-refractivity contribution in [2.45, 2.75) is 13.3 Å². The van der Waals surface area contributed by atoms with E-state index >= 15 is 0 Å². The van der Waals surface area contributed by atoms with Crippen LogP contribution in [0.5, 0.6) is 11.5 Å². The van der Waals surface area contributed by atoms with Gasteiger partial charge in [0, 0.05) is 17.6 Å². The predicted molar refractivity (Wildman–Crippen MR) is 59.2 cm³/mol. The zero-order chi connectivity index (χ0) is 12.1. The minimum absolute atomic E-state index is 0.0685. The molecule has 0 aliphatic carbocycles. The first-order valence-corrected chi connectivity index (χ1v) is 4.84. The van der Waals surface area contributed by atoms with Crippen molar-refractivity contribution in [1.82, 2.24) is 0 Å². The molecule has 0 aliphatic rings. The summed E-state index contributed by atoms with van der Waals surface area (Å²) in [6.45, 7) is 5.15. The van der Waals surface area contributed by atoms with Crippen LogP contribution in [0.1, 0.15) is 12.5 Å². The van der Waals surface area contributed by atoms with E-state index in [0.29, 0.717) is 17.6 Å². The van der Waals surface area contributed by atoms with Crippen molar-refractivity contribution in [3.63, 3.8) is 0 Å². The minimum Gasteiger partial charge on any atom is -0.508 e. The number of benzene rings is 1. The maximum Gasteiger partial charge on any atom is 0.333 e. The monoisotopic (exact) mass is 222 g/mol. The van der Waals surface area contributed by atoms with E-state index in [9.17, 15) is 15.0 Å². The summed E-state index contributed by atoms with van der Waals surface area (Å²) in [5.74, 6) is -0.317. The molecule has 2 N–H and O–H groups in total. The van der Waals surface area contributed by atoms with Gasteiger partial charge >= 0.3 is 5.97 Å². The molecule has 0 radical (unpaired) electrons. The molecule has 16 heavy (non-hydrogen) atoms. The summed E-state index contributed by atoms with van der Waals surface area (Å²) in [6.07, 6.45) is 0.346. The number of aromatic hydroxyl groups is 2. The highest BCUT2D eigenvalue weighted by Crippen LogP contribution is 2.22. The second kappa shape index (κ2) is 5.21. The molecule has 0 unspecified atom stereocenters. The van der Waals surface area contributed by atoms with Crippen LogP contribution in [0.4, 0.5) is 0 Å². The van der Waals surface area contributed by atoms with Crippen molar-refractivity contribution in [3.05, 3.63) is 35.9 Å². The van der Waals surface area contributed by atoms with Crippen LogP contribution >= 0.6 is 0 Å². The Hall–Kier alpha value is -1.97. The SMILES string of the molecule is C=C(C)C(=O)OCCc1cc(O)ccc1O. The van der Waals surface area contributed by atoms with Crippen LogP contribution in [0.2, 0.25) is 0 Å². The first-order valence-electron chi connectivity index (χ1n) is 4.84. The molecule has 0 saturated carbocycles. The summed E-state index contributed by atoms with van der Waals surface area (Å²) in [6, 6.07) is 4.22. The topological polar surface area (TPSA) is 66.8 Å². The first kappa shape index (κ1) is 12.1. The van der Waals surface area contributed by atoms with Gasteiger partial charge in [0.2, 0.25) is 0 Å². The third-order valence-electron chi connectivity index (χ3n) is 2.02. The number of carbonyl (C=O) groups is 1. The predicted octanol–water partition coefficient (Wildman–Crippen LogP) is 1.76. The van der Waals surface area contributed by atoms with Crippen molar-refractivity contribution in [2.75, 3.05) is 6.61 Å². The lowest BCUT2D eigenvalue weighted by Crippen LogP contribution is -2.08. The average Bonchev–Trinajstić information content (AvgIpc) is 2.22. The Labute approximate surface area is 93.8 Å². The zero-order valence-corrected chi connectivity index (χ0v) is 9.06. The second-order valence-corrected chi connectivity index (χ2v) is 3.48. The van der Waals surface area contributed by atoms with Crippen molar-refractivity contribution < 1.29 is 19.7 Å². The number of rotatable bonds is 4. The summed E-state index contributed by atoms with van der Waals surface area (Å²) in [4.78, 5) is 11.1. The molecule has 0 aromatic heterocycles. The van der Waals surface area contributed by atoms with E-state index in [-0.39, 0.29) is 18.1 Å². The molecule has 0 amide bonds. The molecule has 0 saturated heterocycles. The van der Waals surface area contributed by atoms with Crippen LogP contribution in [0.15, 0.2) is 30.4 Å². The van der Waals surface area contributed by atoms with Gasteiger partial charge in [-0.2, -0.15) is 0 Å². The van der Waals surface area contributed by atoms with E-state index in [0.717, 1.165) is 0 Å². The molecule has 0 aliphatic heterocycles. The average molecular weight is 222 g/mol. The fourth-order valence-electron chi connectivity index (χ4n) is 1.15. The van der Waals surface area contributed by atoms with Gasteiger partial charge in [0.25, 0.3) is 0 Å². The number of esters is 1. The lowest BCUT2D eigenvalue weighted by atomic mass is 10.1. The Bertz CT molecular complexity index is 409. The lowest BCUT2D eigenvalue weighted by molar-refractivity contribution is -0.138. The Kier molecular flexibility index (Phi) is 3.94. The maximum absolute atomic E-state index is 11.1. The Morgan fingerprint density at radius 1 is 1.44 bits per heavy atom. The molecule has 0 heterocycles. The summed E-state index contributed by atoms with van der Waals surface area (Å²) < 4.78 is 4.87. The zero-order valence-electron chi connectivity index (χ0n) is 9.06. The molecular weight excluding hydrogens is 208 g/mol. The van der Waals surface area contributed by atoms with Crippen LogP contribution in [-0.4, -0.2) is 22.8 Å². The van der Waals surface area contributed by atoms with E-state index in [1.54, 1.807) is 6.92 Å². The van der Waals surface area contributed by atoms with Crippen molar-refractivity contribution in [2.24, 2.45) is 0 Å². The molecule has 0 fully saturated rings. The third-order valence-corrected chi connectivity index (χ3v) is 2.02. The summed E-state index contributed by atoms with van der Waals surface area (Å²) >= 11 is 0. The number of hydrogen-bond acceptors (Lipinski definition) is 4. The second-order valence-electron chi connectivity index (χ2n) is 3.48. The van der Waals surface area contributed by atoms with Gasteiger partial charge < -0.3 is 14.9 Å². The first-order chi connectivity index (χ1) is 7.50. The fraction of sp³-hybridized carbons (Fsp3) is 0.250. The summed E-state index contributed by atoms with van der Waals surface area (Å²) in [5.41, 5.74) is 0.870. The highest BCUT2D eigenvalue weighted by Gasteiger charge is 2.06. The Morgan fingerprint density at radius 2 is 2.12 bits per heavy atom.